The van der Waals surface area contributed by atoms with Gasteiger partial charge in [0.2, 0.25) is 11.8 Å². The number of carboxylic acids is 1. The number of carbonyl (C=O) groups is 2. The summed E-state index contributed by atoms with van der Waals surface area (Å²) < 4.78 is 18.2. The number of benzene rings is 1. The molecule has 1 heterocycles. The minimum Gasteiger partial charge on any atom is -0.481 e. The first-order valence-corrected chi connectivity index (χ1v) is 7.74. The third-order valence-corrected chi connectivity index (χ3v) is 4.13. The molecule has 1 saturated carbocycles. The van der Waals surface area contributed by atoms with Crippen molar-refractivity contribution in [1.82, 2.24) is 10.3 Å². The Morgan fingerprint density at radius 3 is 2.71 bits per heavy atom. The summed E-state index contributed by atoms with van der Waals surface area (Å²) in [5.41, 5.74) is 1.10. The van der Waals surface area contributed by atoms with Gasteiger partial charge < -0.3 is 14.8 Å². The molecule has 0 aliphatic heterocycles. The fourth-order valence-electron chi connectivity index (χ4n) is 2.89. The van der Waals surface area contributed by atoms with Crippen molar-refractivity contribution in [2.24, 2.45) is 5.92 Å². The topological polar surface area (TPSA) is 92.4 Å². The van der Waals surface area contributed by atoms with E-state index < -0.39 is 5.97 Å². The van der Waals surface area contributed by atoms with Gasteiger partial charge in [-0.25, -0.2) is 9.37 Å². The zero-order valence-corrected chi connectivity index (χ0v) is 12.9. The van der Waals surface area contributed by atoms with Gasteiger partial charge in [0.25, 0.3) is 0 Å². The van der Waals surface area contributed by atoms with Crippen molar-refractivity contribution in [2.75, 3.05) is 0 Å². The van der Waals surface area contributed by atoms with E-state index in [0.717, 1.165) is 0 Å². The highest BCUT2D eigenvalue weighted by Gasteiger charge is 2.30. The first-order chi connectivity index (χ1) is 11.5. The number of rotatable bonds is 5. The highest BCUT2D eigenvalue weighted by Crippen LogP contribution is 2.25. The second kappa shape index (κ2) is 6.82. The number of aliphatic carboxylic acids is 1. The maximum absolute atomic E-state index is 12.9. The largest absolute Gasteiger partial charge is 0.481 e. The van der Waals surface area contributed by atoms with E-state index in [0.29, 0.717) is 36.4 Å². The van der Waals surface area contributed by atoms with Crippen LogP contribution >= 0.6 is 0 Å². The van der Waals surface area contributed by atoms with Crippen LogP contribution < -0.4 is 5.32 Å². The zero-order chi connectivity index (χ0) is 17.1. The molecule has 1 aliphatic carbocycles. The van der Waals surface area contributed by atoms with Gasteiger partial charge in [-0.15, -0.1) is 0 Å². The molecule has 2 aromatic rings. The zero-order valence-electron chi connectivity index (χ0n) is 12.9. The predicted molar refractivity (Wildman–Crippen MR) is 82.5 cm³/mol. The van der Waals surface area contributed by atoms with Gasteiger partial charge in [0.05, 0.1) is 18.0 Å². The summed E-state index contributed by atoms with van der Waals surface area (Å²) >= 11 is 0. The molecule has 7 heteroatoms. The standard InChI is InChI=1S/C17H17FN2O4/c18-12-4-1-10(2-5-12)16-20-14(9-24-16)8-15(21)19-13-6-3-11(7-13)17(22)23/h1-2,4-5,9,11,13H,3,6-8H2,(H,19,21)(H,22,23)/t11-,13+/m1/s1. The van der Waals surface area contributed by atoms with Gasteiger partial charge >= 0.3 is 5.97 Å². The lowest BCUT2D eigenvalue weighted by Crippen LogP contribution is -2.34. The van der Waals surface area contributed by atoms with Crippen LogP contribution in [0.1, 0.15) is 25.0 Å². The summed E-state index contributed by atoms with van der Waals surface area (Å²) in [6.07, 6.45) is 3.16. The van der Waals surface area contributed by atoms with Crippen LogP contribution in [-0.2, 0) is 16.0 Å². The molecule has 126 valence electrons. The Labute approximate surface area is 137 Å². The van der Waals surface area contributed by atoms with Gasteiger partial charge in [0, 0.05) is 11.6 Å². The van der Waals surface area contributed by atoms with E-state index in [1.54, 1.807) is 12.1 Å². The van der Waals surface area contributed by atoms with Crippen molar-refractivity contribution in [3.8, 4) is 11.5 Å². The molecule has 0 radical (unpaired) electrons. The average molecular weight is 332 g/mol. The molecule has 0 unspecified atom stereocenters. The molecule has 0 spiro atoms. The number of amides is 1. The Balaban J connectivity index is 1.56. The predicted octanol–water partition coefficient (Wildman–Crippen LogP) is 2.39. The quantitative estimate of drug-likeness (QED) is 0.877. The number of halogens is 1. The molecule has 24 heavy (non-hydrogen) atoms. The molecule has 0 saturated heterocycles. The Morgan fingerprint density at radius 1 is 1.29 bits per heavy atom. The Hall–Kier alpha value is -2.70. The lowest BCUT2D eigenvalue weighted by Gasteiger charge is -2.11. The van der Waals surface area contributed by atoms with Crippen LogP contribution in [0.25, 0.3) is 11.5 Å². The lowest BCUT2D eigenvalue weighted by molar-refractivity contribution is -0.141. The Kier molecular flexibility index (Phi) is 4.59. The number of carbonyl (C=O) groups excluding carboxylic acids is 1. The molecule has 2 N–H and O–H groups in total. The SMILES string of the molecule is O=C(Cc1coc(-c2ccc(F)cc2)n1)N[C@H]1CC[C@@H](C(=O)O)C1. The third kappa shape index (κ3) is 3.79. The summed E-state index contributed by atoms with van der Waals surface area (Å²) in [6, 6.07) is 5.61. The summed E-state index contributed by atoms with van der Waals surface area (Å²) in [7, 11) is 0. The minimum atomic E-state index is -0.813. The maximum atomic E-state index is 12.9. The van der Waals surface area contributed by atoms with E-state index >= 15 is 0 Å². The van der Waals surface area contributed by atoms with Crippen LogP contribution in [-0.4, -0.2) is 28.0 Å². The molecular formula is C17H17FN2O4. The summed E-state index contributed by atoms with van der Waals surface area (Å²) in [5, 5.41) is 11.8. The number of hydrogen-bond donors (Lipinski definition) is 2. The van der Waals surface area contributed by atoms with Crippen molar-refractivity contribution < 1.29 is 23.5 Å². The van der Waals surface area contributed by atoms with Crippen molar-refractivity contribution >= 4 is 11.9 Å². The lowest BCUT2D eigenvalue weighted by atomic mass is 10.1. The molecule has 1 aromatic heterocycles. The fraction of sp³-hybridized carbons (Fsp3) is 0.353. The molecule has 0 bridgehead atoms. The van der Waals surface area contributed by atoms with Crippen molar-refractivity contribution in [3.05, 3.63) is 42.0 Å². The molecule has 3 rings (SSSR count). The van der Waals surface area contributed by atoms with Gasteiger partial charge in [0.15, 0.2) is 0 Å². The normalized spacial score (nSPS) is 20.0. The summed E-state index contributed by atoms with van der Waals surface area (Å²) in [6.45, 7) is 0. The molecule has 6 nitrogen and oxygen atoms in total. The van der Waals surface area contributed by atoms with Gasteiger partial charge in [-0.05, 0) is 43.5 Å². The highest BCUT2D eigenvalue weighted by atomic mass is 19.1. The van der Waals surface area contributed by atoms with E-state index in [-0.39, 0.29) is 30.1 Å². The van der Waals surface area contributed by atoms with Crippen LogP contribution in [0.5, 0.6) is 0 Å². The van der Waals surface area contributed by atoms with E-state index in [1.807, 2.05) is 0 Å². The van der Waals surface area contributed by atoms with Crippen LogP contribution in [0.15, 0.2) is 34.9 Å². The second-order valence-electron chi connectivity index (χ2n) is 5.94. The molecule has 1 amide bonds. The minimum absolute atomic E-state index is 0.0545. The van der Waals surface area contributed by atoms with Crippen molar-refractivity contribution in [1.29, 1.82) is 0 Å². The number of aromatic nitrogens is 1. The van der Waals surface area contributed by atoms with E-state index in [4.69, 9.17) is 9.52 Å². The Bertz CT molecular complexity index is 741. The fourth-order valence-corrected chi connectivity index (χ4v) is 2.89. The second-order valence-corrected chi connectivity index (χ2v) is 5.94. The van der Waals surface area contributed by atoms with E-state index in [2.05, 4.69) is 10.3 Å². The van der Waals surface area contributed by atoms with Crippen molar-refractivity contribution in [3.63, 3.8) is 0 Å². The first-order valence-electron chi connectivity index (χ1n) is 7.74. The van der Waals surface area contributed by atoms with E-state index in [1.165, 1.54) is 18.4 Å². The highest BCUT2D eigenvalue weighted by molar-refractivity contribution is 5.79. The van der Waals surface area contributed by atoms with Crippen LogP contribution in [0, 0.1) is 11.7 Å². The third-order valence-electron chi connectivity index (χ3n) is 4.13. The first kappa shape index (κ1) is 16.2. The van der Waals surface area contributed by atoms with Gasteiger partial charge in [-0.3, -0.25) is 9.59 Å². The van der Waals surface area contributed by atoms with Crippen LogP contribution in [0.3, 0.4) is 0 Å². The number of oxazole rings is 1. The summed E-state index contributed by atoms with van der Waals surface area (Å²) in [5.74, 6) is -1.43. The number of hydrogen-bond acceptors (Lipinski definition) is 4. The van der Waals surface area contributed by atoms with Gasteiger partial charge in [-0.2, -0.15) is 0 Å². The molecular weight excluding hydrogens is 315 g/mol. The van der Waals surface area contributed by atoms with Gasteiger partial charge in [-0.1, -0.05) is 0 Å². The Morgan fingerprint density at radius 2 is 2.04 bits per heavy atom. The van der Waals surface area contributed by atoms with Gasteiger partial charge in [0.1, 0.15) is 12.1 Å². The molecule has 1 aliphatic rings. The smallest absolute Gasteiger partial charge is 0.306 e. The van der Waals surface area contributed by atoms with E-state index in [9.17, 15) is 14.0 Å². The average Bonchev–Trinajstić information content (AvgIpc) is 3.17. The molecule has 1 aromatic carbocycles. The van der Waals surface area contributed by atoms with Crippen LogP contribution in [0.4, 0.5) is 4.39 Å². The molecule has 2 atom stereocenters. The van der Waals surface area contributed by atoms with Crippen LogP contribution in [0.2, 0.25) is 0 Å². The summed E-state index contributed by atoms with van der Waals surface area (Å²) in [4.78, 5) is 27.2. The number of nitrogens with one attached hydrogen (secondary N) is 1. The maximum Gasteiger partial charge on any atom is 0.306 e. The number of nitrogens with zero attached hydrogens (tertiary/aromatic N) is 1. The van der Waals surface area contributed by atoms with Crippen molar-refractivity contribution in [2.45, 2.75) is 31.7 Å². The monoisotopic (exact) mass is 332 g/mol. The number of carboxylic acid groups (broad SMARTS) is 1. The molecule has 1 fully saturated rings.